The SMILES string of the molecule is CC(=CC(N)=O)c1ccc2c(c1)C(C)(C)OC(=O)N2. The quantitative estimate of drug-likeness (QED) is 0.801. The number of rotatable bonds is 2. The van der Waals surface area contributed by atoms with Crippen LogP contribution in [0.3, 0.4) is 0 Å². The van der Waals surface area contributed by atoms with Crippen LogP contribution in [0, 0.1) is 0 Å². The molecular formula is C14H16N2O3. The molecule has 100 valence electrons. The van der Waals surface area contributed by atoms with Crippen LogP contribution < -0.4 is 11.1 Å². The standard InChI is InChI=1S/C14H16N2O3/c1-8(6-12(15)17)9-4-5-11-10(7-9)14(2,3)19-13(18)16-11/h4-7H,1-3H3,(H2,15,17)(H,16,18). The van der Waals surface area contributed by atoms with E-state index in [1.165, 1.54) is 6.08 Å². The van der Waals surface area contributed by atoms with Crippen LogP contribution >= 0.6 is 0 Å². The third-order valence-electron chi connectivity index (χ3n) is 3.07. The van der Waals surface area contributed by atoms with E-state index in [1.807, 2.05) is 32.9 Å². The van der Waals surface area contributed by atoms with Gasteiger partial charge in [0.15, 0.2) is 0 Å². The van der Waals surface area contributed by atoms with Gasteiger partial charge < -0.3 is 10.5 Å². The van der Waals surface area contributed by atoms with Gasteiger partial charge in [-0.1, -0.05) is 6.07 Å². The van der Waals surface area contributed by atoms with Gasteiger partial charge in [0, 0.05) is 11.6 Å². The Morgan fingerprint density at radius 2 is 2.11 bits per heavy atom. The summed E-state index contributed by atoms with van der Waals surface area (Å²) in [5.74, 6) is -0.487. The summed E-state index contributed by atoms with van der Waals surface area (Å²) < 4.78 is 5.25. The zero-order valence-corrected chi connectivity index (χ0v) is 11.1. The Morgan fingerprint density at radius 1 is 1.42 bits per heavy atom. The molecule has 1 heterocycles. The van der Waals surface area contributed by atoms with Crippen LogP contribution in [-0.2, 0) is 15.1 Å². The number of primary amides is 1. The molecular weight excluding hydrogens is 244 g/mol. The summed E-state index contributed by atoms with van der Waals surface area (Å²) in [4.78, 5) is 22.3. The predicted octanol–water partition coefficient (Wildman–Crippen LogP) is 2.37. The fraction of sp³-hybridized carbons (Fsp3) is 0.286. The highest BCUT2D eigenvalue weighted by Gasteiger charge is 2.33. The number of hydrogen-bond donors (Lipinski definition) is 2. The third-order valence-corrected chi connectivity index (χ3v) is 3.07. The van der Waals surface area contributed by atoms with Crippen molar-refractivity contribution in [1.82, 2.24) is 0 Å². The molecule has 0 spiro atoms. The number of nitrogens with two attached hydrogens (primary N) is 1. The molecule has 1 aliphatic heterocycles. The number of carbonyl (C=O) groups is 2. The average molecular weight is 260 g/mol. The van der Waals surface area contributed by atoms with Crippen molar-refractivity contribution in [2.75, 3.05) is 5.32 Å². The lowest BCUT2D eigenvalue weighted by atomic mass is 9.91. The Hall–Kier alpha value is -2.30. The molecule has 0 unspecified atom stereocenters. The molecule has 0 radical (unpaired) electrons. The van der Waals surface area contributed by atoms with E-state index in [-0.39, 0.29) is 0 Å². The highest BCUT2D eigenvalue weighted by Crippen LogP contribution is 2.36. The highest BCUT2D eigenvalue weighted by molar-refractivity contribution is 5.94. The number of carbonyl (C=O) groups excluding carboxylic acids is 2. The van der Waals surface area contributed by atoms with Gasteiger partial charge in [0.05, 0.1) is 5.69 Å². The lowest BCUT2D eigenvalue weighted by Gasteiger charge is -2.32. The van der Waals surface area contributed by atoms with E-state index in [9.17, 15) is 9.59 Å². The molecule has 0 fully saturated rings. The predicted molar refractivity (Wildman–Crippen MR) is 72.4 cm³/mol. The fourth-order valence-electron chi connectivity index (χ4n) is 2.12. The number of amides is 2. The van der Waals surface area contributed by atoms with Crippen molar-refractivity contribution in [3.8, 4) is 0 Å². The third kappa shape index (κ3) is 2.59. The molecule has 0 saturated heterocycles. The van der Waals surface area contributed by atoms with Crippen LogP contribution in [0.1, 0.15) is 31.9 Å². The largest absolute Gasteiger partial charge is 0.438 e. The van der Waals surface area contributed by atoms with Gasteiger partial charge in [0.25, 0.3) is 0 Å². The van der Waals surface area contributed by atoms with Gasteiger partial charge in [0.2, 0.25) is 5.91 Å². The monoisotopic (exact) mass is 260 g/mol. The topological polar surface area (TPSA) is 81.4 Å². The molecule has 0 saturated carbocycles. The van der Waals surface area contributed by atoms with Crippen LogP contribution in [0.4, 0.5) is 10.5 Å². The van der Waals surface area contributed by atoms with Crippen molar-refractivity contribution in [2.45, 2.75) is 26.4 Å². The number of benzene rings is 1. The van der Waals surface area contributed by atoms with E-state index in [4.69, 9.17) is 10.5 Å². The van der Waals surface area contributed by atoms with Gasteiger partial charge in [-0.25, -0.2) is 4.79 Å². The highest BCUT2D eigenvalue weighted by atomic mass is 16.6. The van der Waals surface area contributed by atoms with Crippen molar-refractivity contribution in [2.24, 2.45) is 5.73 Å². The van der Waals surface area contributed by atoms with Crippen LogP contribution in [0.5, 0.6) is 0 Å². The van der Waals surface area contributed by atoms with Crippen LogP contribution in [0.25, 0.3) is 5.57 Å². The summed E-state index contributed by atoms with van der Waals surface area (Å²) in [5.41, 5.74) is 7.65. The molecule has 2 amide bonds. The zero-order chi connectivity index (χ0) is 14.2. The van der Waals surface area contributed by atoms with Gasteiger partial charge in [-0.05, 0) is 44.0 Å². The second-order valence-corrected chi connectivity index (χ2v) is 5.01. The van der Waals surface area contributed by atoms with Crippen LogP contribution in [0.15, 0.2) is 24.3 Å². The van der Waals surface area contributed by atoms with E-state index in [0.29, 0.717) is 0 Å². The molecule has 0 bridgehead atoms. The molecule has 1 aliphatic rings. The van der Waals surface area contributed by atoms with Gasteiger partial charge >= 0.3 is 6.09 Å². The average Bonchev–Trinajstić information content (AvgIpc) is 2.26. The molecule has 5 nitrogen and oxygen atoms in total. The van der Waals surface area contributed by atoms with Crippen LogP contribution in [0.2, 0.25) is 0 Å². The molecule has 1 aromatic rings. The minimum absolute atomic E-state index is 0.463. The molecule has 0 atom stereocenters. The maximum Gasteiger partial charge on any atom is 0.412 e. The van der Waals surface area contributed by atoms with Crippen molar-refractivity contribution < 1.29 is 14.3 Å². The van der Waals surface area contributed by atoms with Gasteiger partial charge in [-0.15, -0.1) is 0 Å². The Kier molecular flexibility index (Phi) is 3.06. The van der Waals surface area contributed by atoms with E-state index in [0.717, 1.165) is 22.4 Å². The maximum atomic E-state index is 11.4. The molecule has 1 aromatic carbocycles. The van der Waals surface area contributed by atoms with Crippen molar-refractivity contribution >= 4 is 23.3 Å². The number of fused-ring (bicyclic) bond motifs is 1. The molecule has 5 heteroatoms. The second-order valence-electron chi connectivity index (χ2n) is 5.01. The maximum absolute atomic E-state index is 11.4. The zero-order valence-electron chi connectivity index (χ0n) is 11.1. The second kappa shape index (κ2) is 4.42. The molecule has 0 aromatic heterocycles. The summed E-state index contributed by atoms with van der Waals surface area (Å²) in [6, 6.07) is 5.52. The summed E-state index contributed by atoms with van der Waals surface area (Å²) in [7, 11) is 0. The lowest BCUT2D eigenvalue weighted by Crippen LogP contribution is -2.34. The summed E-state index contributed by atoms with van der Waals surface area (Å²) in [5, 5.41) is 2.65. The Bertz CT molecular complexity index is 588. The summed E-state index contributed by atoms with van der Waals surface area (Å²) in [6.45, 7) is 5.45. The summed E-state index contributed by atoms with van der Waals surface area (Å²) in [6.07, 6.45) is 0.909. The van der Waals surface area contributed by atoms with Gasteiger partial charge in [0.1, 0.15) is 5.60 Å². The van der Waals surface area contributed by atoms with Gasteiger partial charge in [-0.2, -0.15) is 0 Å². The molecule has 3 N–H and O–H groups in total. The number of nitrogens with one attached hydrogen (secondary N) is 1. The first-order valence-electron chi connectivity index (χ1n) is 5.92. The first-order chi connectivity index (χ1) is 8.79. The van der Waals surface area contributed by atoms with Crippen molar-refractivity contribution in [3.63, 3.8) is 0 Å². The van der Waals surface area contributed by atoms with Crippen LogP contribution in [-0.4, -0.2) is 12.0 Å². The first-order valence-corrected chi connectivity index (χ1v) is 5.92. The Labute approximate surface area is 111 Å². The molecule has 2 rings (SSSR count). The Balaban J connectivity index is 2.49. The molecule has 19 heavy (non-hydrogen) atoms. The Morgan fingerprint density at radius 3 is 2.74 bits per heavy atom. The number of anilines is 1. The van der Waals surface area contributed by atoms with E-state index >= 15 is 0 Å². The van der Waals surface area contributed by atoms with Gasteiger partial charge in [-0.3, -0.25) is 10.1 Å². The smallest absolute Gasteiger partial charge is 0.412 e. The summed E-state index contributed by atoms with van der Waals surface area (Å²) >= 11 is 0. The fourth-order valence-corrected chi connectivity index (χ4v) is 2.12. The normalized spacial score (nSPS) is 17.2. The van der Waals surface area contributed by atoms with Crippen molar-refractivity contribution in [3.05, 3.63) is 35.4 Å². The van der Waals surface area contributed by atoms with E-state index < -0.39 is 17.6 Å². The number of ether oxygens (including phenoxy) is 1. The minimum atomic E-state index is -0.708. The molecule has 0 aliphatic carbocycles. The lowest BCUT2D eigenvalue weighted by molar-refractivity contribution is -0.113. The minimum Gasteiger partial charge on any atom is -0.438 e. The number of allylic oxidation sites excluding steroid dienone is 1. The number of hydrogen-bond acceptors (Lipinski definition) is 3. The number of cyclic esters (lactones) is 1. The van der Waals surface area contributed by atoms with E-state index in [2.05, 4.69) is 5.32 Å². The van der Waals surface area contributed by atoms with Crippen molar-refractivity contribution in [1.29, 1.82) is 0 Å². The first kappa shape index (κ1) is 13.1. The van der Waals surface area contributed by atoms with E-state index in [1.54, 1.807) is 6.07 Å².